The van der Waals surface area contributed by atoms with Crippen LogP contribution in [0.4, 0.5) is 27.5 Å². The van der Waals surface area contributed by atoms with Crippen LogP contribution in [0.15, 0.2) is 103 Å². The number of hydrogen-bond acceptors (Lipinski definition) is 5. The number of urea groups is 1. The lowest BCUT2D eigenvalue weighted by Crippen LogP contribution is -2.46. The van der Waals surface area contributed by atoms with Crippen LogP contribution in [-0.2, 0) is 14.4 Å². The number of anilines is 4. The molecule has 0 aliphatic rings. The predicted octanol–water partition coefficient (Wildman–Crippen LogP) is 5.55. The Morgan fingerprint density at radius 2 is 1.30 bits per heavy atom. The van der Waals surface area contributed by atoms with Gasteiger partial charge in [-0.05, 0) is 80.4 Å². The molecule has 5 amide bonds. The number of nitrogens with one attached hydrogen (secondary N) is 2. The number of carbonyl (C=O) groups is 4. The molecule has 0 saturated heterocycles. The topological polar surface area (TPSA) is 111 Å². The fourth-order valence-electron chi connectivity index (χ4n) is 4.77. The molecule has 0 fully saturated rings. The molecule has 238 valence electrons. The van der Waals surface area contributed by atoms with Crippen LogP contribution in [0.5, 0.6) is 5.75 Å². The second-order valence-corrected chi connectivity index (χ2v) is 10.7. The number of likely N-dealkylation sites (N-methyl/N-ethyl adjacent to an activating group) is 2. The summed E-state index contributed by atoms with van der Waals surface area (Å²) in [6.45, 7) is 5.33. The number of rotatable bonds is 12. The van der Waals surface area contributed by atoms with Crippen molar-refractivity contribution in [3.05, 3.63) is 114 Å². The number of benzene rings is 4. The Morgan fingerprint density at radius 3 is 1.98 bits per heavy atom. The molecule has 0 bridgehead atoms. The lowest BCUT2D eigenvalue weighted by atomic mass is 10.2. The fraction of sp³-hybridized carbons (Fsp3) is 0.222. The number of amides is 5. The standard InChI is InChI=1S/C36H39N5O5/c1-5-40(30-17-10-13-27(3)21-30)35(44)25-46-32-19-11-18-31(22-32)41(24-34(43)39(4)29-15-7-6-8-16-29)33(42)23-37-36(45)38-28-14-9-12-26(2)20-28/h6-22H,5,23-25H2,1-4H3,(H2,37,38,45). The van der Waals surface area contributed by atoms with Crippen molar-refractivity contribution in [3.8, 4) is 5.75 Å². The molecule has 4 aromatic rings. The highest BCUT2D eigenvalue weighted by Crippen LogP contribution is 2.23. The minimum Gasteiger partial charge on any atom is -0.484 e. The second-order valence-electron chi connectivity index (χ2n) is 10.7. The molecule has 0 spiro atoms. The van der Waals surface area contributed by atoms with Gasteiger partial charge < -0.3 is 30.1 Å². The van der Waals surface area contributed by atoms with Crippen molar-refractivity contribution in [3.63, 3.8) is 0 Å². The van der Waals surface area contributed by atoms with Gasteiger partial charge in [-0.1, -0.05) is 48.5 Å². The second kappa shape index (κ2) is 15.9. The summed E-state index contributed by atoms with van der Waals surface area (Å²) in [5.74, 6) is -0.742. The van der Waals surface area contributed by atoms with Gasteiger partial charge in [0.15, 0.2) is 6.61 Å². The molecule has 0 aromatic heterocycles. The SMILES string of the molecule is CCN(C(=O)COc1cccc(N(CC(=O)N(C)c2ccccc2)C(=O)CNC(=O)Nc2cccc(C)c2)c1)c1cccc(C)c1. The van der Waals surface area contributed by atoms with Gasteiger partial charge >= 0.3 is 6.03 Å². The Kier molecular flexibility index (Phi) is 11.5. The van der Waals surface area contributed by atoms with Crippen molar-refractivity contribution in [2.45, 2.75) is 20.8 Å². The van der Waals surface area contributed by atoms with Crippen LogP contribution in [0.3, 0.4) is 0 Å². The molecular weight excluding hydrogens is 582 g/mol. The first kappa shape index (κ1) is 33.3. The van der Waals surface area contributed by atoms with Crippen LogP contribution in [0.2, 0.25) is 0 Å². The van der Waals surface area contributed by atoms with E-state index in [0.29, 0.717) is 29.4 Å². The summed E-state index contributed by atoms with van der Waals surface area (Å²) in [5.41, 5.74) is 4.42. The quantitative estimate of drug-likeness (QED) is 0.215. The minimum absolute atomic E-state index is 0.227. The van der Waals surface area contributed by atoms with Gasteiger partial charge in [-0.2, -0.15) is 0 Å². The molecule has 0 aliphatic heterocycles. The van der Waals surface area contributed by atoms with E-state index in [9.17, 15) is 19.2 Å². The average molecular weight is 622 g/mol. The van der Waals surface area contributed by atoms with Crippen LogP contribution < -0.4 is 30.1 Å². The monoisotopic (exact) mass is 621 g/mol. The van der Waals surface area contributed by atoms with Crippen molar-refractivity contribution in [2.75, 3.05) is 53.3 Å². The van der Waals surface area contributed by atoms with Crippen LogP contribution in [0.1, 0.15) is 18.1 Å². The first-order valence-corrected chi connectivity index (χ1v) is 15.0. The zero-order chi connectivity index (χ0) is 33.1. The highest BCUT2D eigenvalue weighted by Gasteiger charge is 2.23. The third-order valence-corrected chi connectivity index (χ3v) is 7.21. The van der Waals surface area contributed by atoms with Crippen molar-refractivity contribution in [1.82, 2.24) is 5.32 Å². The number of ether oxygens (including phenoxy) is 1. The van der Waals surface area contributed by atoms with Gasteiger partial charge in [-0.15, -0.1) is 0 Å². The maximum Gasteiger partial charge on any atom is 0.319 e. The number of hydrogen-bond donors (Lipinski definition) is 2. The molecule has 46 heavy (non-hydrogen) atoms. The summed E-state index contributed by atoms with van der Waals surface area (Å²) in [7, 11) is 1.63. The van der Waals surface area contributed by atoms with E-state index < -0.39 is 11.9 Å². The van der Waals surface area contributed by atoms with Crippen molar-refractivity contribution >= 4 is 46.5 Å². The van der Waals surface area contributed by atoms with Crippen LogP contribution in [0, 0.1) is 13.8 Å². The molecule has 4 rings (SSSR count). The summed E-state index contributed by atoms with van der Waals surface area (Å²) in [6.07, 6.45) is 0. The maximum absolute atomic E-state index is 13.6. The van der Waals surface area contributed by atoms with Gasteiger partial charge in [0.05, 0.1) is 6.54 Å². The third kappa shape index (κ3) is 9.18. The highest BCUT2D eigenvalue weighted by atomic mass is 16.5. The molecule has 4 aromatic carbocycles. The van der Waals surface area contributed by atoms with Crippen LogP contribution >= 0.6 is 0 Å². The highest BCUT2D eigenvalue weighted by molar-refractivity contribution is 6.05. The molecule has 0 heterocycles. The van der Waals surface area contributed by atoms with E-state index >= 15 is 0 Å². The molecule has 10 nitrogen and oxygen atoms in total. The van der Waals surface area contributed by atoms with Crippen molar-refractivity contribution in [2.24, 2.45) is 0 Å². The molecule has 10 heteroatoms. The van der Waals surface area contributed by atoms with Crippen LogP contribution in [0.25, 0.3) is 0 Å². The molecule has 0 radical (unpaired) electrons. The third-order valence-electron chi connectivity index (χ3n) is 7.21. The van der Waals surface area contributed by atoms with E-state index in [2.05, 4.69) is 10.6 Å². The zero-order valence-corrected chi connectivity index (χ0v) is 26.5. The predicted molar refractivity (Wildman–Crippen MR) is 182 cm³/mol. The average Bonchev–Trinajstić information content (AvgIpc) is 3.05. The summed E-state index contributed by atoms with van der Waals surface area (Å²) < 4.78 is 5.86. The Hall–Kier alpha value is -5.64. The van der Waals surface area contributed by atoms with E-state index in [0.717, 1.165) is 16.8 Å². The summed E-state index contributed by atoms with van der Waals surface area (Å²) >= 11 is 0. The van der Waals surface area contributed by atoms with Crippen molar-refractivity contribution in [1.29, 1.82) is 0 Å². The Labute approximate surface area is 269 Å². The first-order chi connectivity index (χ1) is 22.1. The van der Waals surface area contributed by atoms with Gasteiger partial charge in [-0.25, -0.2) is 4.79 Å². The Bertz CT molecular complexity index is 1680. The summed E-state index contributed by atoms with van der Waals surface area (Å²) in [4.78, 5) is 57.0. The van der Waals surface area contributed by atoms with E-state index in [1.807, 2.05) is 81.4 Å². The lowest BCUT2D eigenvalue weighted by molar-refractivity contribution is -0.121. The largest absolute Gasteiger partial charge is 0.484 e. The smallest absolute Gasteiger partial charge is 0.319 e. The molecule has 0 saturated carbocycles. The fourth-order valence-corrected chi connectivity index (χ4v) is 4.77. The van der Waals surface area contributed by atoms with E-state index in [-0.39, 0.29) is 31.5 Å². The number of aryl methyl sites for hydroxylation is 2. The number of para-hydroxylation sites is 1. The van der Waals surface area contributed by atoms with Gasteiger partial charge in [0.25, 0.3) is 5.91 Å². The lowest BCUT2D eigenvalue weighted by Gasteiger charge is -2.26. The van der Waals surface area contributed by atoms with Gasteiger partial charge in [-0.3, -0.25) is 14.4 Å². The molecule has 2 N–H and O–H groups in total. The molecule has 0 aliphatic carbocycles. The number of nitrogens with zero attached hydrogens (tertiary/aromatic N) is 3. The molecule has 0 unspecified atom stereocenters. The van der Waals surface area contributed by atoms with Gasteiger partial charge in [0.1, 0.15) is 12.3 Å². The van der Waals surface area contributed by atoms with E-state index in [1.54, 1.807) is 54.4 Å². The first-order valence-electron chi connectivity index (χ1n) is 15.0. The summed E-state index contributed by atoms with van der Waals surface area (Å²) in [5, 5.41) is 5.29. The van der Waals surface area contributed by atoms with E-state index in [1.165, 1.54) is 9.80 Å². The van der Waals surface area contributed by atoms with Gasteiger partial charge in [0.2, 0.25) is 11.8 Å². The summed E-state index contributed by atoms with van der Waals surface area (Å²) in [6, 6.07) is 30.1. The van der Waals surface area contributed by atoms with E-state index in [4.69, 9.17) is 4.74 Å². The number of carbonyl (C=O) groups excluding carboxylic acids is 4. The Balaban J connectivity index is 1.49. The van der Waals surface area contributed by atoms with Crippen molar-refractivity contribution < 1.29 is 23.9 Å². The Morgan fingerprint density at radius 1 is 0.674 bits per heavy atom. The molecular formula is C36H39N5O5. The zero-order valence-electron chi connectivity index (χ0n) is 26.5. The normalized spacial score (nSPS) is 10.4. The van der Waals surface area contributed by atoms with Gasteiger partial charge in [0, 0.05) is 42.4 Å². The molecule has 0 atom stereocenters. The van der Waals surface area contributed by atoms with Crippen LogP contribution in [-0.4, -0.2) is 57.0 Å². The minimum atomic E-state index is -0.559. The maximum atomic E-state index is 13.6.